The van der Waals surface area contributed by atoms with E-state index in [0.717, 1.165) is 4.99 Å². The molecule has 0 aromatic rings. The maximum atomic E-state index is 4.78. The molecule has 0 aliphatic rings. The van der Waals surface area contributed by atoms with E-state index >= 15 is 0 Å². The summed E-state index contributed by atoms with van der Waals surface area (Å²) in [6.07, 6.45) is 1.82. The Morgan fingerprint density at radius 3 is 2.50 bits per heavy atom. The van der Waals surface area contributed by atoms with Crippen LogP contribution in [0.2, 0.25) is 0 Å². The summed E-state index contributed by atoms with van der Waals surface area (Å²) in [6, 6.07) is 0.299. The predicted molar refractivity (Wildman–Crippen MR) is 41.1 cm³/mol. The Labute approximate surface area is 55.8 Å². The van der Waals surface area contributed by atoms with E-state index in [2.05, 4.69) is 11.9 Å². The molecule has 0 heterocycles. The molecule has 1 unspecified atom stereocenters. The zero-order chi connectivity index (χ0) is 6.57. The summed E-state index contributed by atoms with van der Waals surface area (Å²) in [5, 5.41) is 3.01. The van der Waals surface area contributed by atoms with Crippen molar-refractivity contribution in [3.8, 4) is 0 Å². The highest BCUT2D eigenvalue weighted by Crippen LogP contribution is 1.80. The van der Waals surface area contributed by atoms with Gasteiger partial charge in [0.15, 0.2) is 0 Å². The largest absolute Gasteiger partial charge is 0.374 e. The molecule has 1 N–H and O–H groups in total. The van der Waals surface area contributed by atoms with E-state index in [4.69, 9.17) is 12.2 Å². The van der Waals surface area contributed by atoms with Crippen LogP contribution < -0.4 is 5.32 Å². The van der Waals surface area contributed by atoms with Gasteiger partial charge in [0.05, 0.1) is 4.99 Å². The summed E-state index contributed by atoms with van der Waals surface area (Å²) in [7, 11) is 0. The van der Waals surface area contributed by atoms with Crippen molar-refractivity contribution in [3.63, 3.8) is 0 Å². The lowest BCUT2D eigenvalue weighted by molar-refractivity contribution is 0.814. The molecule has 2 heteroatoms. The van der Waals surface area contributed by atoms with Crippen LogP contribution in [0.15, 0.2) is 12.7 Å². The van der Waals surface area contributed by atoms with Gasteiger partial charge in [-0.3, -0.25) is 0 Å². The van der Waals surface area contributed by atoms with E-state index in [9.17, 15) is 0 Å². The molecule has 0 amide bonds. The number of nitrogens with one attached hydrogen (secondary N) is 1. The second kappa shape index (κ2) is 3.61. The van der Waals surface area contributed by atoms with Gasteiger partial charge >= 0.3 is 0 Å². The first-order valence-corrected chi connectivity index (χ1v) is 2.97. The molecule has 46 valence electrons. The van der Waals surface area contributed by atoms with Crippen molar-refractivity contribution >= 4 is 17.2 Å². The van der Waals surface area contributed by atoms with E-state index < -0.39 is 0 Å². The van der Waals surface area contributed by atoms with Crippen LogP contribution in [0.4, 0.5) is 0 Å². The fourth-order valence-electron chi connectivity index (χ4n) is 0.380. The van der Waals surface area contributed by atoms with Crippen molar-refractivity contribution in [1.29, 1.82) is 0 Å². The molecule has 8 heavy (non-hydrogen) atoms. The van der Waals surface area contributed by atoms with Crippen LogP contribution in [-0.2, 0) is 0 Å². The lowest BCUT2D eigenvalue weighted by atomic mass is 10.3. The summed E-state index contributed by atoms with van der Waals surface area (Å²) in [6.45, 7) is 7.45. The number of hydrogen-bond donors (Lipinski definition) is 1. The van der Waals surface area contributed by atoms with Gasteiger partial charge in [-0.05, 0) is 13.8 Å². The topological polar surface area (TPSA) is 12.0 Å². The highest BCUT2D eigenvalue weighted by Gasteiger charge is 1.90. The van der Waals surface area contributed by atoms with Crippen LogP contribution in [0.5, 0.6) is 0 Å². The third-order valence-electron chi connectivity index (χ3n) is 0.784. The van der Waals surface area contributed by atoms with E-state index in [1.54, 1.807) is 0 Å². The second-order valence-corrected chi connectivity index (χ2v) is 2.34. The Hall–Kier alpha value is -0.370. The number of hydrogen-bond acceptors (Lipinski definition) is 1. The Bertz CT molecular complexity index is 98.7. The summed E-state index contributed by atoms with van der Waals surface area (Å²) in [5.41, 5.74) is 0. The number of thiocarbonyl (C=S) groups is 1. The minimum atomic E-state index is 0.299. The van der Waals surface area contributed by atoms with Crippen molar-refractivity contribution in [2.24, 2.45) is 0 Å². The van der Waals surface area contributed by atoms with Crippen LogP contribution in [0.25, 0.3) is 0 Å². The predicted octanol–water partition coefficient (Wildman–Crippen LogP) is 1.50. The van der Waals surface area contributed by atoms with Gasteiger partial charge in [-0.2, -0.15) is 0 Å². The smallest absolute Gasteiger partial charge is 0.0726 e. The van der Waals surface area contributed by atoms with Gasteiger partial charge in [0.1, 0.15) is 0 Å². The Morgan fingerprint density at radius 1 is 1.88 bits per heavy atom. The maximum Gasteiger partial charge on any atom is 0.0726 e. The molecule has 0 aliphatic heterocycles. The highest BCUT2D eigenvalue weighted by atomic mass is 32.1. The maximum absolute atomic E-state index is 4.78. The van der Waals surface area contributed by atoms with Crippen molar-refractivity contribution in [3.05, 3.63) is 12.7 Å². The highest BCUT2D eigenvalue weighted by molar-refractivity contribution is 7.80. The third-order valence-corrected chi connectivity index (χ3v) is 0.902. The number of rotatable bonds is 2. The quantitative estimate of drug-likeness (QED) is 0.448. The van der Waals surface area contributed by atoms with Gasteiger partial charge in [-0.15, -0.1) is 6.58 Å². The Balaban J connectivity index is 3.38. The summed E-state index contributed by atoms with van der Waals surface area (Å²) in [4.78, 5) is 0.817. The fraction of sp³-hybridized carbons (Fsp3) is 0.500. The molecule has 1 nitrogen and oxygen atoms in total. The molecule has 0 bridgehead atoms. The van der Waals surface area contributed by atoms with Gasteiger partial charge in [0.2, 0.25) is 0 Å². The van der Waals surface area contributed by atoms with Crippen molar-refractivity contribution in [2.75, 3.05) is 0 Å². The zero-order valence-electron chi connectivity index (χ0n) is 5.27. The zero-order valence-corrected chi connectivity index (χ0v) is 6.09. The van der Waals surface area contributed by atoms with E-state index in [1.807, 2.05) is 19.9 Å². The minimum Gasteiger partial charge on any atom is -0.374 e. The lowest BCUT2D eigenvalue weighted by Gasteiger charge is -2.06. The first-order valence-electron chi connectivity index (χ1n) is 2.56. The molecule has 0 spiro atoms. The molecule has 0 rings (SSSR count). The van der Waals surface area contributed by atoms with Gasteiger partial charge < -0.3 is 5.32 Å². The summed E-state index contributed by atoms with van der Waals surface area (Å²) < 4.78 is 0. The van der Waals surface area contributed by atoms with Crippen LogP contribution in [0, 0.1) is 0 Å². The second-order valence-electron chi connectivity index (χ2n) is 1.72. The first-order chi connectivity index (χ1) is 3.66. The average molecular weight is 129 g/mol. The first kappa shape index (κ1) is 7.63. The van der Waals surface area contributed by atoms with Gasteiger partial charge in [-0.25, -0.2) is 0 Å². The monoisotopic (exact) mass is 129 g/mol. The normalized spacial score (nSPS) is 12.2. The molecular weight excluding hydrogens is 118 g/mol. The van der Waals surface area contributed by atoms with E-state index in [0.29, 0.717) is 6.04 Å². The van der Waals surface area contributed by atoms with E-state index in [1.165, 1.54) is 0 Å². The van der Waals surface area contributed by atoms with Gasteiger partial charge in [-0.1, -0.05) is 18.3 Å². The fourth-order valence-corrected chi connectivity index (χ4v) is 0.565. The van der Waals surface area contributed by atoms with Crippen LogP contribution in [0.3, 0.4) is 0 Å². The molecule has 0 radical (unpaired) electrons. The molecular formula is C6H11NS. The van der Waals surface area contributed by atoms with Crippen molar-refractivity contribution < 1.29 is 0 Å². The van der Waals surface area contributed by atoms with Gasteiger partial charge in [0, 0.05) is 6.04 Å². The van der Waals surface area contributed by atoms with Crippen LogP contribution in [-0.4, -0.2) is 11.0 Å². The summed E-state index contributed by atoms with van der Waals surface area (Å²) >= 11 is 4.78. The Kier molecular flexibility index (Phi) is 3.44. The Morgan fingerprint density at radius 2 is 2.38 bits per heavy atom. The molecule has 0 aromatic heterocycles. The minimum absolute atomic E-state index is 0.299. The van der Waals surface area contributed by atoms with Gasteiger partial charge in [0.25, 0.3) is 0 Å². The molecule has 0 fully saturated rings. The van der Waals surface area contributed by atoms with Crippen molar-refractivity contribution in [2.45, 2.75) is 19.9 Å². The standard InChI is InChI=1S/C6H11NS/c1-4-5(2)7-6(3)8/h4-5H,1H2,2-3H3,(H,7,8). The molecule has 0 saturated heterocycles. The van der Waals surface area contributed by atoms with Crippen LogP contribution >= 0.6 is 12.2 Å². The molecule has 1 atom stereocenters. The van der Waals surface area contributed by atoms with E-state index in [-0.39, 0.29) is 0 Å². The lowest BCUT2D eigenvalue weighted by Crippen LogP contribution is -2.26. The molecule has 0 aromatic carbocycles. The average Bonchev–Trinajstić information content (AvgIpc) is 1.65. The molecule has 0 aliphatic carbocycles. The summed E-state index contributed by atoms with van der Waals surface area (Å²) in [5.74, 6) is 0. The SMILES string of the molecule is C=CC(C)NC(C)=S. The van der Waals surface area contributed by atoms with Crippen LogP contribution in [0.1, 0.15) is 13.8 Å². The van der Waals surface area contributed by atoms with Crippen molar-refractivity contribution in [1.82, 2.24) is 5.32 Å². The molecule has 0 saturated carbocycles. The third kappa shape index (κ3) is 3.81.